The first kappa shape index (κ1) is 17.3. The zero-order valence-corrected chi connectivity index (χ0v) is 14.3. The summed E-state index contributed by atoms with van der Waals surface area (Å²) in [6.07, 6.45) is 1.45. The standard InChI is InChI=1S/C17H16Cl2N2O2/c1-11-5-12(2)7-15(6-11)23-10-17(22)21-20-9-13-3-4-14(18)8-16(13)19/h3-9H,10H2,1-2H3,(H,21,22). The van der Waals surface area contributed by atoms with E-state index in [1.54, 1.807) is 18.2 Å². The van der Waals surface area contributed by atoms with E-state index in [0.29, 0.717) is 21.4 Å². The number of rotatable bonds is 5. The molecule has 0 atom stereocenters. The molecule has 0 saturated carbocycles. The van der Waals surface area contributed by atoms with Crippen LogP contribution in [-0.4, -0.2) is 18.7 Å². The van der Waals surface area contributed by atoms with Crippen molar-refractivity contribution in [2.24, 2.45) is 5.10 Å². The van der Waals surface area contributed by atoms with Crippen LogP contribution in [0.2, 0.25) is 10.0 Å². The van der Waals surface area contributed by atoms with Crippen LogP contribution in [0.25, 0.3) is 0 Å². The van der Waals surface area contributed by atoms with Gasteiger partial charge in [0.15, 0.2) is 6.61 Å². The maximum Gasteiger partial charge on any atom is 0.277 e. The molecule has 2 aromatic carbocycles. The predicted octanol–water partition coefficient (Wildman–Crippen LogP) is 4.14. The Balaban J connectivity index is 1.86. The van der Waals surface area contributed by atoms with Gasteiger partial charge in [-0.3, -0.25) is 4.79 Å². The van der Waals surface area contributed by atoms with E-state index >= 15 is 0 Å². The summed E-state index contributed by atoms with van der Waals surface area (Å²) in [6.45, 7) is 3.83. The van der Waals surface area contributed by atoms with E-state index in [2.05, 4.69) is 10.5 Å². The van der Waals surface area contributed by atoms with E-state index in [4.69, 9.17) is 27.9 Å². The second kappa shape index (κ2) is 7.99. The highest BCUT2D eigenvalue weighted by Gasteiger charge is 2.03. The molecule has 0 saturated heterocycles. The number of hydrogen-bond donors (Lipinski definition) is 1. The van der Waals surface area contributed by atoms with Gasteiger partial charge in [-0.05, 0) is 49.2 Å². The third kappa shape index (κ3) is 5.58. The minimum Gasteiger partial charge on any atom is -0.484 e. The Hall–Kier alpha value is -2.04. The monoisotopic (exact) mass is 350 g/mol. The molecule has 0 bridgehead atoms. The van der Waals surface area contributed by atoms with Gasteiger partial charge < -0.3 is 4.74 Å². The lowest BCUT2D eigenvalue weighted by Gasteiger charge is -2.07. The Morgan fingerprint density at radius 1 is 1.17 bits per heavy atom. The highest BCUT2D eigenvalue weighted by atomic mass is 35.5. The molecule has 0 aliphatic heterocycles. The van der Waals surface area contributed by atoms with Crippen LogP contribution in [0.3, 0.4) is 0 Å². The second-order valence-corrected chi connectivity index (χ2v) is 5.91. The summed E-state index contributed by atoms with van der Waals surface area (Å²) < 4.78 is 5.44. The van der Waals surface area contributed by atoms with Crippen LogP contribution in [0.1, 0.15) is 16.7 Å². The molecule has 23 heavy (non-hydrogen) atoms. The zero-order valence-electron chi connectivity index (χ0n) is 12.8. The number of nitrogens with one attached hydrogen (secondary N) is 1. The SMILES string of the molecule is Cc1cc(C)cc(OCC(=O)NN=Cc2ccc(Cl)cc2Cl)c1. The molecule has 1 N–H and O–H groups in total. The lowest BCUT2D eigenvalue weighted by Crippen LogP contribution is -2.24. The van der Waals surface area contributed by atoms with Crippen molar-refractivity contribution >= 4 is 35.3 Å². The first-order valence-corrected chi connectivity index (χ1v) is 7.67. The Kier molecular flexibility index (Phi) is 6.02. The fraction of sp³-hybridized carbons (Fsp3) is 0.176. The molecular formula is C17H16Cl2N2O2. The third-order valence-corrected chi connectivity index (χ3v) is 3.48. The number of aryl methyl sites for hydroxylation is 2. The molecule has 120 valence electrons. The van der Waals surface area contributed by atoms with Crippen LogP contribution in [0, 0.1) is 13.8 Å². The van der Waals surface area contributed by atoms with Crippen LogP contribution in [0.4, 0.5) is 0 Å². The van der Waals surface area contributed by atoms with Crippen LogP contribution >= 0.6 is 23.2 Å². The molecule has 0 heterocycles. The van der Waals surface area contributed by atoms with E-state index in [-0.39, 0.29) is 12.5 Å². The van der Waals surface area contributed by atoms with E-state index < -0.39 is 0 Å². The highest BCUT2D eigenvalue weighted by molar-refractivity contribution is 6.36. The molecule has 0 aromatic heterocycles. The molecule has 0 unspecified atom stereocenters. The van der Waals surface area contributed by atoms with Crippen LogP contribution in [0.5, 0.6) is 5.75 Å². The summed E-state index contributed by atoms with van der Waals surface area (Å²) >= 11 is 11.8. The summed E-state index contributed by atoms with van der Waals surface area (Å²) in [5, 5.41) is 4.85. The number of benzene rings is 2. The molecule has 2 aromatic rings. The number of hydrogen-bond acceptors (Lipinski definition) is 3. The Bertz CT molecular complexity index is 725. The summed E-state index contributed by atoms with van der Waals surface area (Å²) in [4.78, 5) is 11.7. The Morgan fingerprint density at radius 3 is 2.52 bits per heavy atom. The molecule has 6 heteroatoms. The normalized spacial score (nSPS) is 10.8. The predicted molar refractivity (Wildman–Crippen MR) is 93.6 cm³/mol. The molecule has 0 radical (unpaired) electrons. The Labute approximate surface area is 145 Å². The highest BCUT2D eigenvalue weighted by Crippen LogP contribution is 2.19. The quantitative estimate of drug-likeness (QED) is 0.650. The molecule has 1 amide bonds. The van der Waals surface area contributed by atoms with Gasteiger partial charge in [-0.25, -0.2) is 5.43 Å². The number of carbonyl (C=O) groups is 1. The van der Waals surface area contributed by atoms with Gasteiger partial charge in [-0.15, -0.1) is 0 Å². The fourth-order valence-corrected chi connectivity index (χ4v) is 2.43. The average molecular weight is 351 g/mol. The van der Waals surface area contributed by atoms with Crippen molar-refractivity contribution in [3.63, 3.8) is 0 Å². The van der Waals surface area contributed by atoms with Gasteiger partial charge in [0.1, 0.15) is 5.75 Å². The van der Waals surface area contributed by atoms with Crippen molar-refractivity contribution in [1.82, 2.24) is 5.43 Å². The number of hydrazone groups is 1. The molecular weight excluding hydrogens is 335 g/mol. The van der Waals surface area contributed by atoms with Crippen LogP contribution < -0.4 is 10.2 Å². The van der Waals surface area contributed by atoms with Gasteiger partial charge in [-0.2, -0.15) is 5.10 Å². The zero-order chi connectivity index (χ0) is 16.8. The van der Waals surface area contributed by atoms with E-state index in [9.17, 15) is 4.79 Å². The molecule has 0 spiro atoms. The van der Waals surface area contributed by atoms with Crippen molar-refractivity contribution in [1.29, 1.82) is 0 Å². The number of halogens is 2. The maximum absolute atomic E-state index is 11.7. The van der Waals surface area contributed by atoms with Gasteiger partial charge in [0, 0.05) is 10.6 Å². The summed E-state index contributed by atoms with van der Waals surface area (Å²) in [5.74, 6) is 0.299. The van der Waals surface area contributed by atoms with Gasteiger partial charge >= 0.3 is 0 Å². The van der Waals surface area contributed by atoms with Crippen molar-refractivity contribution in [2.75, 3.05) is 6.61 Å². The first-order valence-electron chi connectivity index (χ1n) is 6.92. The molecule has 4 nitrogen and oxygen atoms in total. The van der Waals surface area contributed by atoms with Crippen molar-refractivity contribution in [3.05, 3.63) is 63.1 Å². The van der Waals surface area contributed by atoms with Gasteiger partial charge in [0.05, 0.1) is 11.2 Å². The van der Waals surface area contributed by atoms with E-state index in [0.717, 1.165) is 11.1 Å². The number of carbonyl (C=O) groups excluding carboxylic acids is 1. The van der Waals surface area contributed by atoms with Gasteiger partial charge in [-0.1, -0.05) is 35.3 Å². The lowest BCUT2D eigenvalue weighted by molar-refractivity contribution is -0.123. The van der Waals surface area contributed by atoms with Crippen molar-refractivity contribution in [2.45, 2.75) is 13.8 Å². The number of ether oxygens (including phenoxy) is 1. The minimum absolute atomic E-state index is 0.116. The van der Waals surface area contributed by atoms with E-state index in [1.807, 2.05) is 32.0 Å². The lowest BCUT2D eigenvalue weighted by atomic mass is 10.1. The van der Waals surface area contributed by atoms with Crippen molar-refractivity contribution < 1.29 is 9.53 Å². The molecule has 0 aliphatic rings. The smallest absolute Gasteiger partial charge is 0.277 e. The molecule has 0 fully saturated rings. The number of amides is 1. The van der Waals surface area contributed by atoms with Gasteiger partial charge in [0.25, 0.3) is 5.91 Å². The van der Waals surface area contributed by atoms with E-state index in [1.165, 1.54) is 6.21 Å². The summed E-state index contributed by atoms with van der Waals surface area (Å²) in [7, 11) is 0. The summed E-state index contributed by atoms with van der Waals surface area (Å²) in [6, 6.07) is 10.8. The topological polar surface area (TPSA) is 50.7 Å². The number of nitrogens with zero attached hydrogens (tertiary/aromatic N) is 1. The second-order valence-electron chi connectivity index (χ2n) is 5.07. The average Bonchev–Trinajstić information content (AvgIpc) is 2.46. The van der Waals surface area contributed by atoms with Crippen LogP contribution in [-0.2, 0) is 4.79 Å². The minimum atomic E-state index is -0.356. The summed E-state index contributed by atoms with van der Waals surface area (Å²) in [5.41, 5.74) is 5.20. The van der Waals surface area contributed by atoms with Crippen molar-refractivity contribution in [3.8, 4) is 5.75 Å². The first-order chi connectivity index (χ1) is 10.9. The fourth-order valence-electron chi connectivity index (χ4n) is 1.98. The maximum atomic E-state index is 11.7. The van der Waals surface area contributed by atoms with Crippen LogP contribution in [0.15, 0.2) is 41.5 Å². The van der Waals surface area contributed by atoms with Gasteiger partial charge in [0.2, 0.25) is 0 Å². The Morgan fingerprint density at radius 2 is 1.87 bits per heavy atom. The molecule has 0 aliphatic carbocycles. The third-order valence-electron chi connectivity index (χ3n) is 2.92. The largest absolute Gasteiger partial charge is 0.484 e. The molecule has 2 rings (SSSR count).